The highest BCUT2D eigenvalue weighted by atomic mass is 35.5. The molecule has 0 spiro atoms. The maximum absolute atomic E-state index is 5.76. The summed E-state index contributed by atoms with van der Waals surface area (Å²) < 4.78 is 0. The molecule has 1 unspecified atom stereocenters. The predicted octanol–water partition coefficient (Wildman–Crippen LogP) is 2.57. The first kappa shape index (κ1) is 8.81. The number of nitrogens with zero attached hydrogens (tertiary/aromatic N) is 1. The second kappa shape index (κ2) is 4.57. The second-order valence-electron chi connectivity index (χ2n) is 2.33. The molecule has 4 heteroatoms. The summed E-state index contributed by atoms with van der Waals surface area (Å²) in [5.74, 6) is 0. The maximum Gasteiger partial charge on any atom is 0.182 e. The molecule has 0 saturated carbocycles. The molecule has 62 valence electrons. The Bertz CT molecular complexity index is 186. The van der Waals surface area contributed by atoms with Crippen molar-refractivity contribution in [2.45, 2.75) is 18.7 Å². The maximum atomic E-state index is 5.76. The number of hydrogen-bond acceptors (Lipinski definition) is 3. The summed E-state index contributed by atoms with van der Waals surface area (Å²) in [6.45, 7) is 2.89. The number of halogens is 1. The van der Waals surface area contributed by atoms with Crippen LogP contribution in [0.15, 0.2) is 11.6 Å². The van der Waals surface area contributed by atoms with E-state index in [0.29, 0.717) is 0 Å². The van der Waals surface area contributed by atoms with Crippen LogP contribution in [0.3, 0.4) is 0 Å². The van der Waals surface area contributed by atoms with Crippen LogP contribution in [-0.2, 0) is 0 Å². The summed E-state index contributed by atoms with van der Waals surface area (Å²) >= 11 is 7.37. The number of alkyl halides is 1. The Morgan fingerprint density at radius 1 is 1.82 bits per heavy atom. The summed E-state index contributed by atoms with van der Waals surface area (Å²) in [7, 11) is 0. The molecular formula is C7H11ClN2S. The van der Waals surface area contributed by atoms with Crippen LogP contribution in [0.1, 0.15) is 13.3 Å². The number of aromatic nitrogens is 1. The van der Waals surface area contributed by atoms with Gasteiger partial charge in [-0.1, -0.05) is 0 Å². The van der Waals surface area contributed by atoms with Crippen molar-refractivity contribution in [3.63, 3.8) is 0 Å². The van der Waals surface area contributed by atoms with Gasteiger partial charge in [-0.2, -0.15) is 0 Å². The van der Waals surface area contributed by atoms with E-state index in [0.717, 1.165) is 18.1 Å². The number of hydrogen-bond donors (Lipinski definition) is 1. The highest BCUT2D eigenvalue weighted by Gasteiger charge is 1.96. The third-order valence-electron chi connectivity index (χ3n) is 1.25. The van der Waals surface area contributed by atoms with E-state index in [9.17, 15) is 0 Å². The zero-order valence-electron chi connectivity index (χ0n) is 6.38. The minimum atomic E-state index is 0.238. The monoisotopic (exact) mass is 190 g/mol. The number of nitrogens with one attached hydrogen (secondary N) is 1. The van der Waals surface area contributed by atoms with Gasteiger partial charge in [-0.15, -0.1) is 22.9 Å². The van der Waals surface area contributed by atoms with Crippen molar-refractivity contribution in [2.75, 3.05) is 11.9 Å². The van der Waals surface area contributed by atoms with Gasteiger partial charge in [-0.05, 0) is 13.3 Å². The van der Waals surface area contributed by atoms with Crippen LogP contribution in [0.2, 0.25) is 0 Å². The first-order valence-electron chi connectivity index (χ1n) is 3.56. The normalized spacial score (nSPS) is 12.9. The lowest BCUT2D eigenvalue weighted by molar-refractivity contribution is 0.842. The fourth-order valence-electron chi connectivity index (χ4n) is 0.689. The molecule has 1 atom stereocenters. The summed E-state index contributed by atoms with van der Waals surface area (Å²) in [6.07, 6.45) is 2.76. The molecule has 0 aliphatic rings. The van der Waals surface area contributed by atoms with Crippen LogP contribution in [-0.4, -0.2) is 16.9 Å². The predicted molar refractivity (Wildman–Crippen MR) is 50.5 cm³/mol. The van der Waals surface area contributed by atoms with Crippen molar-refractivity contribution >= 4 is 28.1 Å². The van der Waals surface area contributed by atoms with Crippen LogP contribution in [0.5, 0.6) is 0 Å². The molecule has 0 fully saturated rings. The van der Waals surface area contributed by atoms with Gasteiger partial charge >= 0.3 is 0 Å². The van der Waals surface area contributed by atoms with E-state index in [1.807, 2.05) is 12.3 Å². The highest BCUT2D eigenvalue weighted by Crippen LogP contribution is 2.10. The van der Waals surface area contributed by atoms with Crippen LogP contribution >= 0.6 is 22.9 Å². The molecule has 1 heterocycles. The zero-order chi connectivity index (χ0) is 8.10. The van der Waals surface area contributed by atoms with Gasteiger partial charge < -0.3 is 5.32 Å². The van der Waals surface area contributed by atoms with Gasteiger partial charge in [0.05, 0.1) is 0 Å². The average molecular weight is 191 g/mol. The summed E-state index contributed by atoms with van der Waals surface area (Å²) in [4.78, 5) is 4.08. The van der Waals surface area contributed by atoms with Crippen molar-refractivity contribution in [3.05, 3.63) is 11.6 Å². The molecule has 2 nitrogen and oxygen atoms in total. The van der Waals surface area contributed by atoms with Crippen molar-refractivity contribution in [2.24, 2.45) is 0 Å². The number of rotatable bonds is 4. The Kier molecular flexibility index (Phi) is 3.66. The van der Waals surface area contributed by atoms with Gasteiger partial charge in [0, 0.05) is 23.5 Å². The Balaban J connectivity index is 2.14. The van der Waals surface area contributed by atoms with Gasteiger partial charge in [0.25, 0.3) is 0 Å². The molecule has 0 aliphatic heterocycles. The molecule has 1 aromatic rings. The van der Waals surface area contributed by atoms with Crippen LogP contribution in [0.4, 0.5) is 5.13 Å². The fraction of sp³-hybridized carbons (Fsp3) is 0.571. The fourth-order valence-corrected chi connectivity index (χ4v) is 1.36. The van der Waals surface area contributed by atoms with Crippen molar-refractivity contribution in [3.8, 4) is 0 Å². The molecule has 1 N–H and O–H groups in total. The molecule has 0 aromatic carbocycles. The summed E-state index contributed by atoms with van der Waals surface area (Å²) in [5, 5.41) is 6.34. The summed E-state index contributed by atoms with van der Waals surface area (Å²) in [6, 6.07) is 0. The molecule has 0 bridgehead atoms. The van der Waals surface area contributed by atoms with E-state index in [4.69, 9.17) is 11.6 Å². The molecule has 0 saturated heterocycles. The Hall–Kier alpha value is -0.280. The van der Waals surface area contributed by atoms with Crippen LogP contribution in [0.25, 0.3) is 0 Å². The first-order valence-corrected chi connectivity index (χ1v) is 4.88. The zero-order valence-corrected chi connectivity index (χ0v) is 7.95. The Morgan fingerprint density at radius 2 is 2.64 bits per heavy atom. The molecule has 0 amide bonds. The third-order valence-corrected chi connectivity index (χ3v) is 2.20. The van der Waals surface area contributed by atoms with Gasteiger partial charge in [0.1, 0.15) is 0 Å². The highest BCUT2D eigenvalue weighted by molar-refractivity contribution is 7.13. The molecule has 1 rings (SSSR count). The van der Waals surface area contributed by atoms with E-state index in [1.54, 1.807) is 17.5 Å². The number of thiazole rings is 1. The SMILES string of the molecule is CC(Cl)CCNc1nccs1. The molecule has 1 aromatic heterocycles. The minimum absolute atomic E-state index is 0.238. The van der Waals surface area contributed by atoms with Crippen LogP contribution in [0, 0.1) is 0 Å². The lowest BCUT2D eigenvalue weighted by Gasteiger charge is -2.02. The van der Waals surface area contributed by atoms with Crippen molar-refractivity contribution in [1.82, 2.24) is 4.98 Å². The first-order chi connectivity index (χ1) is 5.29. The molecule has 11 heavy (non-hydrogen) atoms. The van der Waals surface area contributed by atoms with E-state index in [-0.39, 0.29) is 5.38 Å². The third kappa shape index (κ3) is 3.58. The van der Waals surface area contributed by atoms with E-state index in [2.05, 4.69) is 10.3 Å². The topological polar surface area (TPSA) is 24.9 Å². The van der Waals surface area contributed by atoms with Gasteiger partial charge in [0.15, 0.2) is 5.13 Å². The average Bonchev–Trinajstić information content (AvgIpc) is 2.39. The van der Waals surface area contributed by atoms with E-state index in [1.165, 1.54) is 0 Å². The molecule has 0 aliphatic carbocycles. The summed E-state index contributed by atoms with van der Waals surface area (Å²) in [5.41, 5.74) is 0. The second-order valence-corrected chi connectivity index (χ2v) is 3.97. The standard InChI is InChI=1S/C7H11ClN2S/c1-6(8)2-3-9-7-10-4-5-11-7/h4-6H,2-3H2,1H3,(H,9,10). The quantitative estimate of drug-likeness (QED) is 0.739. The van der Waals surface area contributed by atoms with Crippen LogP contribution < -0.4 is 5.32 Å². The van der Waals surface area contributed by atoms with Gasteiger partial charge in [-0.25, -0.2) is 4.98 Å². The van der Waals surface area contributed by atoms with Gasteiger partial charge in [0.2, 0.25) is 0 Å². The van der Waals surface area contributed by atoms with Crippen molar-refractivity contribution in [1.29, 1.82) is 0 Å². The number of anilines is 1. The smallest absolute Gasteiger partial charge is 0.182 e. The molecule has 0 radical (unpaired) electrons. The van der Waals surface area contributed by atoms with E-state index < -0.39 is 0 Å². The van der Waals surface area contributed by atoms with Gasteiger partial charge in [-0.3, -0.25) is 0 Å². The van der Waals surface area contributed by atoms with E-state index >= 15 is 0 Å². The Morgan fingerprint density at radius 3 is 3.18 bits per heavy atom. The minimum Gasteiger partial charge on any atom is -0.361 e. The lowest BCUT2D eigenvalue weighted by Crippen LogP contribution is -2.05. The largest absolute Gasteiger partial charge is 0.361 e. The Labute approximate surface area is 75.6 Å². The van der Waals surface area contributed by atoms with Crippen molar-refractivity contribution < 1.29 is 0 Å². The lowest BCUT2D eigenvalue weighted by atomic mass is 10.3. The molecular weight excluding hydrogens is 180 g/mol.